The van der Waals surface area contributed by atoms with Gasteiger partial charge < -0.3 is 9.84 Å². The van der Waals surface area contributed by atoms with Gasteiger partial charge in [0.1, 0.15) is 17.2 Å². The van der Waals surface area contributed by atoms with E-state index in [2.05, 4.69) is 27.3 Å². The normalized spacial score (nSPS) is 11.3. The molecule has 0 saturated heterocycles. The van der Waals surface area contributed by atoms with E-state index >= 15 is 0 Å². The number of aromatic hydroxyl groups is 1. The van der Waals surface area contributed by atoms with Crippen LogP contribution in [0.4, 0.5) is 10.8 Å². The standard InChI is InChI=1S/C21H17N3O2S/c1-26-19-12-18(25)20(17-10-6-5-9-16(17)19)23-24-21-22-13-15(27-21)11-14-7-3-2-4-8-14/h2-10,12-13,25H,11H2,1H3. The Hall–Kier alpha value is -3.25. The second kappa shape index (κ2) is 7.55. The van der Waals surface area contributed by atoms with Gasteiger partial charge in [0.25, 0.3) is 0 Å². The molecule has 1 heterocycles. The third-order valence-corrected chi connectivity index (χ3v) is 5.06. The van der Waals surface area contributed by atoms with Crippen molar-refractivity contribution in [2.24, 2.45) is 10.2 Å². The molecule has 0 unspecified atom stereocenters. The first-order valence-corrected chi connectivity index (χ1v) is 9.25. The first-order valence-electron chi connectivity index (χ1n) is 8.43. The molecule has 0 spiro atoms. The van der Waals surface area contributed by atoms with Crippen LogP contribution in [0.25, 0.3) is 10.8 Å². The molecule has 5 nitrogen and oxygen atoms in total. The van der Waals surface area contributed by atoms with Gasteiger partial charge in [-0.15, -0.1) is 10.2 Å². The summed E-state index contributed by atoms with van der Waals surface area (Å²) in [5.74, 6) is 0.622. The van der Waals surface area contributed by atoms with E-state index in [1.165, 1.54) is 16.9 Å². The van der Waals surface area contributed by atoms with Gasteiger partial charge in [0.2, 0.25) is 5.13 Å². The molecule has 0 radical (unpaired) electrons. The van der Waals surface area contributed by atoms with Crippen molar-refractivity contribution >= 4 is 32.9 Å². The van der Waals surface area contributed by atoms with E-state index < -0.39 is 0 Å². The highest BCUT2D eigenvalue weighted by Gasteiger charge is 2.12. The van der Waals surface area contributed by atoms with Crippen molar-refractivity contribution < 1.29 is 9.84 Å². The Bertz CT molecular complexity index is 1110. The van der Waals surface area contributed by atoms with Crippen LogP contribution in [0.15, 0.2) is 77.1 Å². The van der Waals surface area contributed by atoms with Crippen molar-refractivity contribution in [1.29, 1.82) is 0 Å². The summed E-state index contributed by atoms with van der Waals surface area (Å²) in [5, 5.41) is 21.1. The zero-order chi connectivity index (χ0) is 18.6. The summed E-state index contributed by atoms with van der Waals surface area (Å²) in [7, 11) is 1.58. The predicted octanol–water partition coefficient (Wildman–Crippen LogP) is 6.02. The van der Waals surface area contributed by atoms with Crippen LogP contribution in [0, 0.1) is 0 Å². The Morgan fingerprint density at radius 2 is 1.74 bits per heavy atom. The Labute approximate surface area is 160 Å². The summed E-state index contributed by atoms with van der Waals surface area (Å²) in [6.07, 6.45) is 2.63. The Kier molecular flexibility index (Phi) is 4.80. The third-order valence-electron chi connectivity index (χ3n) is 4.18. The van der Waals surface area contributed by atoms with Gasteiger partial charge in [-0.2, -0.15) is 0 Å². The van der Waals surface area contributed by atoms with E-state index in [1.807, 2.05) is 48.7 Å². The van der Waals surface area contributed by atoms with Gasteiger partial charge in [-0.05, 0) is 5.56 Å². The van der Waals surface area contributed by atoms with Gasteiger partial charge in [0, 0.05) is 34.3 Å². The van der Waals surface area contributed by atoms with Crippen LogP contribution in [-0.2, 0) is 6.42 Å². The minimum atomic E-state index is 0.0235. The number of nitrogens with zero attached hydrogens (tertiary/aromatic N) is 3. The van der Waals surface area contributed by atoms with E-state index in [4.69, 9.17) is 4.74 Å². The third kappa shape index (κ3) is 3.66. The minimum Gasteiger partial charge on any atom is -0.505 e. The predicted molar refractivity (Wildman–Crippen MR) is 108 cm³/mol. The monoisotopic (exact) mass is 375 g/mol. The van der Waals surface area contributed by atoms with Gasteiger partial charge >= 0.3 is 0 Å². The van der Waals surface area contributed by atoms with Gasteiger partial charge in [-0.25, -0.2) is 4.98 Å². The number of rotatable bonds is 5. The van der Waals surface area contributed by atoms with Gasteiger partial charge in [-0.3, -0.25) is 0 Å². The quantitative estimate of drug-likeness (QED) is 0.434. The molecular weight excluding hydrogens is 358 g/mol. The lowest BCUT2D eigenvalue weighted by molar-refractivity contribution is 0.413. The van der Waals surface area contributed by atoms with Crippen LogP contribution in [-0.4, -0.2) is 17.2 Å². The van der Waals surface area contributed by atoms with Crippen LogP contribution in [0.3, 0.4) is 0 Å². The molecule has 27 heavy (non-hydrogen) atoms. The molecule has 1 N–H and O–H groups in total. The van der Waals surface area contributed by atoms with Crippen molar-refractivity contribution in [3.05, 3.63) is 77.3 Å². The number of aromatic nitrogens is 1. The Balaban J connectivity index is 1.63. The minimum absolute atomic E-state index is 0.0235. The molecule has 0 saturated carbocycles. The summed E-state index contributed by atoms with van der Waals surface area (Å²) in [6.45, 7) is 0. The number of fused-ring (bicyclic) bond motifs is 1. The average molecular weight is 375 g/mol. The lowest BCUT2D eigenvalue weighted by Gasteiger charge is -2.08. The highest BCUT2D eigenvalue weighted by atomic mass is 32.1. The summed E-state index contributed by atoms with van der Waals surface area (Å²) in [6, 6.07) is 19.4. The number of hydrogen-bond donors (Lipinski definition) is 1. The van der Waals surface area contributed by atoms with Gasteiger partial charge in [-0.1, -0.05) is 65.9 Å². The summed E-state index contributed by atoms with van der Waals surface area (Å²) >= 11 is 1.49. The van der Waals surface area contributed by atoms with E-state index in [0.717, 1.165) is 22.1 Å². The second-order valence-corrected chi connectivity index (χ2v) is 7.06. The number of azo groups is 1. The molecule has 0 bridgehead atoms. The molecule has 6 heteroatoms. The van der Waals surface area contributed by atoms with Crippen LogP contribution in [0.5, 0.6) is 11.5 Å². The SMILES string of the molecule is COc1cc(O)c(N=Nc2ncc(Cc3ccccc3)s2)c2ccccc12. The number of thiazole rings is 1. The highest BCUT2D eigenvalue weighted by Crippen LogP contribution is 2.41. The summed E-state index contributed by atoms with van der Waals surface area (Å²) in [5.41, 5.74) is 1.63. The first-order chi connectivity index (χ1) is 13.2. The molecule has 0 amide bonds. The fraction of sp³-hybridized carbons (Fsp3) is 0.0952. The van der Waals surface area contributed by atoms with Crippen molar-refractivity contribution in [3.8, 4) is 11.5 Å². The zero-order valence-electron chi connectivity index (χ0n) is 14.7. The molecule has 134 valence electrons. The van der Waals surface area contributed by atoms with Crippen molar-refractivity contribution in [1.82, 2.24) is 4.98 Å². The lowest BCUT2D eigenvalue weighted by atomic mass is 10.1. The number of methoxy groups -OCH3 is 1. The van der Waals surface area contributed by atoms with E-state index in [9.17, 15) is 5.11 Å². The maximum atomic E-state index is 10.3. The van der Waals surface area contributed by atoms with Gasteiger partial charge in [0.05, 0.1) is 7.11 Å². The maximum Gasteiger partial charge on any atom is 0.230 e. The Morgan fingerprint density at radius 1 is 1.00 bits per heavy atom. The smallest absolute Gasteiger partial charge is 0.230 e. The molecule has 4 aromatic rings. The zero-order valence-corrected chi connectivity index (χ0v) is 15.5. The van der Waals surface area contributed by atoms with E-state index in [0.29, 0.717) is 16.6 Å². The highest BCUT2D eigenvalue weighted by molar-refractivity contribution is 7.15. The van der Waals surface area contributed by atoms with Crippen molar-refractivity contribution in [2.75, 3.05) is 7.11 Å². The second-order valence-electron chi connectivity index (χ2n) is 5.96. The largest absolute Gasteiger partial charge is 0.505 e. The summed E-state index contributed by atoms with van der Waals surface area (Å²) in [4.78, 5) is 5.43. The molecular formula is C21H17N3O2S. The van der Waals surface area contributed by atoms with Crippen LogP contribution in [0.1, 0.15) is 10.4 Å². The van der Waals surface area contributed by atoms with E-state index in [-0.39, 0.29) is 5.75 Å². The Morgan fingerprint density at radius 3 is 2.52 bits per heavy atom. The van der Waals surface area contributed by atoms with Crippen molar-refractivity contribution in [2.45, 2.75) is 6.42 Å². The molecule has 3 aromatic carbocycles. The fourth-order valence-electron chi connectivity index (χ4n) is 2.90. The lowest BCUT2D eigenvalue weighted by Crippen LogP contribution is -1.85. The molecule has 0 aliphatic rings. The number of benzene rings is 3. The molecule has 1 aromatic heterocycles. The summed E-state index contributed by atoms with van der Waals surface area (Å²) < 4.78 is 5.34. The number of ether oxygens (including phenoxy) is 1. The van der Waals surface area contributed by atoms with Crippen LogP contribution in [0.2, 0.25) is 0 Å². The van der Waals surface area contributed by atoms with Gasteiger partial charge in [0.15, 0.2) is 0 Å². The van der Waals surface area contributed by atoms with E-state index in [1.54, 1.807) is 13.2 Å². The molecule has 0 aliphatic carbocycles. The van der Waals surface area contributed by atoms with Crippen molar-refractivity contribution in [3.63, 3.8) is 0 Å². The average Bonchev–Trinajstić information content (AvgIpc) is 3.14. The number of phenolic OH excluding ortho intramolecular Hbond substituents is 1. The van der Waals surface area contributed by atoms with Crippen LogP contribution < -0.4 is 4.74 Å². The number of hydrogen-bond acceptors (Lipinski definition) is 6. The topological polar surface area (TPSA) is 67.1 Å². The molecule has 0 fully saturated rings. The molecule has 4 rings (SSSR count). The van der Waals surface area contributed by atoms with Crippen LogP contribution >= 0.6 is 11.3 Å². The molecule has 0 aliphatic heterocycles. The molecule has 0 atom stereocenters. The fourth-order valence-corrected chi connectivity index (χ4v) is 3.67. The number of phenols is 1. The first kappa shape index (κ1) is 17.2. The maximum absolute atomic E-state index is 10.3.